The number of hydrogen-bond donors (Lipinski definition) is 2. The van der Waals surface area contributed by atoms with E-state index in [0.29, 0.717) is 12.5 Å². The molecule has 0 aromatic carbocycles. The summed E-state index contributed by atoms with van der Waals surface area (Å²) in [5.74, 6) is 0.194. The smallest absolute Gasteiger partial charge is 0.239 e. The Morgan fingerprint density at radius 2 is 1.84 bits per heavy atom. The molecule has 112 valence electrons. The molecule has 3 N–H and O–H groups in total. The van der Waals surface area contributed by atoms with E-state index in [9.17, 15) is 4.79 Å². The molecule has 0 aliphatic heterocycles. The van der Waals surface area contributed by atoms with Crippen LogP contribution in [0.5, 0.6) is 0 Å². The van der Waals surface area contributed by atoms with Gasteiger partial charge in [-0.05, 0) is 45.1 Å². The lowest BCUT2D eigenvalue weighted by molar-refractivity contribution is -0.126. The minimum atomic E-state index is -0.561. The van der Waals surface area contributed by atoms with Gasteiger partial charge in [0.1, 0.15) is 5.54 Å². The van der Waals surface area contributed by atoms with E-state index in [4.69, 9.17) is 5.73 Å². The zero-order valence-electron chi connectivity index (χ0n) is 13.4. The van der Waals surface area contributed by atoms with Crippen LogP contribution in [0.1, 0.15) is 47.5 Å². The molecule has 0 aromatic heterocycles. The number of hydrogen-bond acceptors (Lipinski definition) is 3. The van der Waals surface area contributed by atoms with Crippen molar-refractivity contribution >= 4 is 5.91 Å². The van der Waals surface area contributed by atoms with Gasteiger partial charge in [-0.25, -0.2) is 0 Å². The van der Waals surface area contributed by atoms with E-state index in [1.54, 1.807) is 0 Å². The second kappa shape index (κ2) is 5.80. The highest BCUT2D eigenvalue weighted by Crippen LogP contribution is 2.40. The number of carbonyl (C=O) groups excluding carboxylic acids is 1. The van der Waals surface area contributed by atoms with Crippen LogP contribution in [-0.2, 0) is 4.79 Å². The average Bonchev–Trinajstić information content (AvgIpc) is 2.94. The van der Waals surface area contributed by atoms with Crippen molar-refractivity contribution < 1.29 is 4.79 Å². The van der Waals surface area contributed by atoms with E-state index in [2.05, 4.69) is 51.9 Å². The Hall–Kier alpha value is -0.610. The number of primary amides is 1. The quantitative estimate of drug-likeness (QED) is 0.738. The molecule has 1 fully saturated rings. The molecule has 1 saturated carbocycles. The van der Waals surface area contributed by atoms with Crippen molar-refractivity contribution in [3.05, 3.63) is 0 Å². The van der Waals surface area contributed by atoms with Gasteiger partial charge >= 0.3 is 0 Å². The predicted molar refractivity (Wildman–Crippen MR) is 79.9 cm³/mol. The predicted octanol–water partition coefficient (Wildman–Crippen LogP) is 1.60. The van der Waals surface area contributed by atoms with E-state index < -0.39 is 5.54 Å². The van der Waals surface area contributed by atoms with Crippen LogP contribution in [0, 0.1) is 11.3 Å². The number of carbonyl (C=O) groups is 1. The summed E-state index contributed by atoms with van der Waals surface area (Å²) in [5, 5.41) is 3.46. The normalized spacial score (nSPS) is 19.8. The lowest BCUT2D eigenvalue weighted by atomic mass is 9.89. The molecular weight excluding hydrogens is 238 g/mol. The molecule has 0 heterocycles. The number of amides is 1. The Labute approximate surface area is 118 Å². The van der Waals surface area contributed by atoms with E-state index in [1.807, 2.05) is 0 Å². The minimum absolute atomic E-state index is 0.204. The highest BCUT2D eigenvalue weighted by Gasteiger charge is 2.50. The molecule has 0 bridgehead atoms. The minimum Gasteiger partial charge on any atom is -0.368 e. The summed E-state index contributed by atoms with van der Waals surface area (Å²) >= 11 is 0. The van der Waals surface area contributed by atoms with Crippen molar-refractivity contribution in [2.75, 3.05) is 20.1 Å². The summed E-state index contributed by atoms with van der Waals surface area (Å²) in [5.41, 5.74) is 5.41. The van der Waals surface area contributed by atoms with Gasteiger partial charge in [-0.2, -0.15) is 0 Å². The van der Waals surface area contributed by atoms with Crippen LogP contribution in [0.3, 0.4) is 0 Å². The van der Waals surface area contributed by atoms with Gasteiger partial charge in [-0.1, -0.05) is 20.8 Å². The Morgan fingerprint density at radius 1 is 1.32 bits per heavy atom. The van der Waals surface area contributed by atoms with Crippen LogP contribution in [0.2, 0.25) is 0 Å². The van der Waals surface area contributed by atoms with Gasteiger partial charge in [-0.3, -0.25) is 10.1 Å². The summed E-state index contributed by atoms with van der Waals surface area (Å²) < 4.78 is 0. The molecule has 1 atom stereocenters. The van der Waals surface area contributed by atoms with Crippen molar-refractivity contribution in [2.24, 2.45) is 17.1 Å². The molecule has 1 unspecified atom stereocenters. The molecular formula is C15H31N3O. The molecule has 1 amide bonds. The first-order valence-corrected chi connectivity index (χ1v) is 7.33. The van der Waals surface area contributed by atoms with E-state index in [0.717, 1.165) is 19.4 Å². The third kappa shape index (κ3) is 4.77. The Morgan fingerprint density at radius 3 is 2.16 bits per heavy atom. The number of likely N-dealkylation sites (N-methyl/N-ethyl adjacent to an activating group) is 1. The zero-order chi connectivity index (χ0) is 14.8. The monoisotopic (exact) mass is 269 g/mol. The third-order valence-electron chi connectivity index (χ3n) is 3.52. The maximum absolute atomic E-state index is 12.1. The van der Waals surface area contributed by atoms with E-state index in [1.165, 1.54) is 0 Å². The largest absolute Gasteiger partial charge is 0.368 e. The molecule has 0 saturated heterocycles. The molecule has 0 aromatic rings. The molecule has 4 nitrogen and oxygen atoms in total. The molecule has 1 aliphatic rings. The van der Waals surface area contributed by atoms with Gasteiger partial charge in [0.05, 0.1) is 0 Å². The van der Waals surface area contributed by atoms with Crippen LogP contribution in [-0.4, -0.2) is 42.5 Å². The molecule has 1 rings (SSSR count). The van der Waals surface area contributed by atoms with Crippen LogP contribution < -0.4 is 11.1 Å². The van der Waals surface area contributed by atoms with Gasteiger partial charge < -0.3 is 10.6 Å². The first kappa shape index (κ1) is 16.4. The zero-order valence-corrected chi connectivity index (χ0v) is 13.4. The van der Waals surface area contributed by atoms with Crippen LogP contribution in [0.4, 0.5) is 0 Å². The number of nitrogens with zero attached hydrogens (tertiary/aromatic N) is 1. The maximum Gasteiger partial charge on any atom is 0.239 e. The maximum atomic E-state index is 12.1. The highest BCUT2D eigenvalue weighted by atomic mass is 16.1. The standard InChI is InChI=1S/C15H31N3O/c1-11(2)17-15(13(16)19,12-7-8-12)10-18(6)9-14(3,4)5/h11-12,17H,7-10H2,1-6H3,(H2,16,19). The highest BCUT2D eigenvalue weighted by molar-refractivity contribution is 5.86. The summed E-state index contributed by atoms with van der Waals surface area (Å²) in [7, 11) is 2.08. The molecule has 19 heavy (non-hydrogen) atoms. The van der Waals surface area contributed by atoms with Gasteiger partial charge in [0, 0.05) is 19.1 Å². The summed E-state index contributed by atoms with van der Waals surface area (Å²) in [6.45, 7) is 12.4. The van der Waals surface area contributed by atoms with Crippen molar-refractivity contribution in [1.29, 1.82) is 0 Å². The van der Waals surface area contributed by atoms with Crippen LogP contribution in [0.15, 0.2) is 0 Å². The number of nitrogens with one attached hydrogen (secondary N) is 1. The van der Waals surface area contributed by atoms with E-state index >= 15 is 0 Å². The van der Waals surface area contributed by atoms with Crippen LogP contribution >= 0.6 is 0 Å². The average molecular weight is 269 g/mol. The fourth-order valence-corrected chi connectivity index (χ4v) is 3.03. The second-order valence-electron chi connectivity index (χ2n) is 7.64. The van der Waals surface area contributed by atoms with Gasteiger partial charge in [0.2, 0.25) is 5.91 Å². The molecule has 0 spiro atoms. The first-order valence-electron chi connectivity index (χ1n) is 7.33. The SMILES string of the molecule is CC(C)NC(CN(C)CC(C)(C)C)(C(N)=O)C1CC1. The van der Waals surface area contributed by atoms with E-state index in [-0.39, 0.29) is 17.4 Å². The van der Waals surface area contributed by atoms with Crippen molar-refractivity contribution in [1.82, 2.24) is 10.2 Å². The van der Waals surface area contributed by atoms with Gasteiger partial charge in [-0.15, -0.1) is 0 Å². The summed E-state index contributed by atoms with van der Waals surface area (Å²) in [6.07, 6.45) is 2.21. The Kier molecular flexibility index (Phi) is 5.02. The fraction of sp³-hybridized carbons (Fsp3) is 0.933. The number of nitrogens with two attached hydrogens (primary N) is 1. The topological polar surface area (TPSA) is 58.4 Å². The van der Waals surface area contributed by atoms with Crippen LogP contribution in [0.25, 0.3) is 0 Å². The number of rotatable bonds is 7. The lowest BCUT2D eigenvalue weighted by Gasteiger charge is -2.39. The molecule has 0 radical (unpaired) electrons. The summed E-state index contributed by atoms with van der Waals surface area (Å²) in [4.78, 5) is 14.3. The molecule has 4 heteroatoms. The fourth-order valence-electron chi connectivity index (χ4n) is 3.03. The van der Waals surface area contributed by atoms with Gasteiger partial charge in [0.25, 0.3) is 0 Å². The Balaban J connectivity index is 2.81. The Bertz CT molecular complexity index is 318. The van der Waals surface area contributed by atoms with Crippen molar-refractivity contribution in [3.63, 3.8) is 0 Å². The third-order valence-corrected chi connectivity index (χ3v) is 3.52. The second-order valence-corrected chi connectivity index (χ2v) is 7.64. The first-order chi connectivity index (χ1) is 8.57. The molecule has 1 aliphatic carbocycles. The van der Waals surface area contributed by atoms with Gasteiger partial charge in [0.15, 0.2) is 0 Å². The lowest BCUT2D eigenvalue weighted by Crippen LogP contribution is -2.64. The van der Waals surface area contributed by atoms with Crippen molar-refractivity contribution in [3.8, 4) is 0 Å². The summed E-state index contributed by atoms with van der Waals surface area (Å²) in [6, 6.07) is 0.260. The van der Waals surface area contributed by atoms with Crippen molar-refractivity contribution in [2.45, 2.75) is 59.0 Å².